The van der Waals surface area contributed by atoms with E-state index in [0.29, 0.717) is 13.1 Å². The minimum Gasteiger partial charge on any atom is -0.462 e. The highest BCUT2D eigenvalue weighted by Crippen LogP contribution is 2.21. The number of carbonyl (C=O) groups excluding carboxylic acids is 3. The van der Waals surface area contributed by atoms with Gasteiger partial charge in [-0.2, -0.15) is 4.31 Å². The van der Waals surface area contributed by atoms with Gasteiger partial charge in [-0.05, 0) is 50.1 Å². The largest absolute Gasteiger partial charge is 0.462 e. The van der Waals surface area contributed by atoms with Crippen LogP contribution in [-0.2, 0) is 24.3 Å². The van der Waals surface area contributed by atoms with Gasteiger partial charge in [-0.15, -0.1) is 0 Å². The van der Waals surface area contributed by atoms with E-state index in [-0.39, 0.29) is 28.3 Å². The standard InChI is InChI=1S/C24H28N2O7S/c1-2-32-24(29)20-12-5-6-13-21(20)25-22(27)17-33-23(28)18-10-9-11-19(16-18)34(30,31)26-14-7-3-4-8-15-26/h5-6,9-13,16H,2-4,7-8,14-15,17H2,1H3,(H,25,27). The van der Waals surface area contributed by atoms with Crippen LogP contribution in [0.4, 0.5) is 5.69 Å². The van der Waals surface area contributed by atoms with Gasteiger partial charge < -0.3 is 14.8 Å². The third-order valence-corrected chi connectivity index (χ3v) is 7.20. The first-order valence-electron chi connectivity index (χ1n) is 11.2. The van der Waals surface area contributed by atoms with Crippen LogP contribution in [0.25, 0.3) is 0 Å². The molecule has 0 atom stereocenters. The molecule has 1 N–H and O–H groups in total. The highest BCUT2D eigenvalue weighted by atomic mass is 32.2. The molecule has 0 bridgehead atoms. The number of amides is 1. The second-order valence-corrected chi connectivity index (χ2v) is 9.67. The number of hydrogen-bond acceptors (Lipinski definition) is 7. The summed E-state index contributed by atoms with van der Waals surface area (Å²) >= 11 is 0. The van der Waals surface area contributed by atoms with E-state index in [9.17, 15) is 22.8 Å². The fraction of sp³-hybridized carbons (Fsp3) is 0.375. The SMILES string of the molecule is CCOC(=O)c1ccccc1NC(=O)COC(=O)c1cccc(S(=O)(=O)N2CCCCCC2)c1. The molecule has 0 saturated carbocycles. The van der Waals surface area contributed by atoms with Crippen LogP contribution in [0.2, 0.25) is 0 Å². The lowest BCUT2D eigenvalue weighted by atomic mass is 10.2. The molecule has 9 nitrogen and oxygen atoms in total. The van der Waals surface area contributed by atoms with Crippen LogP contribution in [0.15, 0.2) is 53.4 Å². The zero-order valence-corrected chi connectivity index (χ0v) is 19.8. The molecule has 3 rings (SSSR count). The van der Waals surface area contributed by atoms with Gasteiger partial charge in [-0.3, -0.25) is 4.79 Å². The van der Waals surface area contributed by atoms with Gasteiger partial charge in [0, 0.05) is 13.1 Å². The van der Waals surface area contributed by atoms with Crippen LogP contribution in [-0.4, -0.2) is 56.9 Å². The number of sulfonamides is 1. The summed E-state index contributed by atoms with van der Waals surface area (Å²) < 4.78 is 37.5. The molecule has 0 aromatic heterocycles. The summed E-state index contributed by atoms with van der Waals surface area (Å²) in [6.45, 7) is 2.14. The van der Waals surface area contributed by atoms with Crippen molar-refractivity contribution in [1.29, 1.82) is 0 Å². The maximum Gasteiger partial charge on any atom is 0.340 e. The minimum absolute atomic E-state index is 0.0108. The van der Waals surface area contributed by atoms with Crippen LogP contribution in [0.5, 0.6) is 0 Å². The fourth-order valence-corrected chi connectivity index (χ4v) is 5.16. The molecule has 1 heterocycles. The third kappa shape index (κ3) is 6.42. The molecular formula is C24H28N2O7S. The van der Waals surface area contributed by atoms with Crippen molar-refractivity contribution in [2.45, 2.75) is 37.5 Å². The highest BCUT2D eigenvalue weighted by molar-refractivity contribution is 7.89. The van der Waals surface area contributed by atoms with Crippen molar-refractivity contribution in [3.05, 3.63) is 59.7 Å². The van der Waals surface area contributed by atoms with Crippen LogP contribution in [0.3, 0.4) is 0 Å². The van der Waals surface area contributed by atoms with E-state index in [2.05, 4.69) is 5.32 Å². The van der Waals surface area contributed by atoms with Gasteiger partial charge in [0.1, 0.15) is 0 Å². The number of anilines is 1. The van der Waals surface area contributed by atoms with E-state index in [0.717, 1.165) is 25.7 Å². The second kappa shape index (κ2) is 11.8. The van der Waals surface area contributed by atoms with Crippen LogP contribution in [0, 0.1) is 0 Å². The number of nitrogens with zero attached hydrogens (tertiary/aromatic N) is 1. The number of esters is 2. The van der Waals surface area contributed by atoms with Crippen molar-refractivity contribution < 1.29 is 32.3 Å². The van der Waals surface area contributed by atoms with E-state index >= 15 is 0 Å². The number of rotatable bonds is 8. The molecule has 0 unspecified atom stereocenters. The maximum atomic E-state index is 13.0. The lowest BCUT2D eigenvalue weighted by Gasteiger charge is -2.20. The van der Waals surface area contributed by atoms with E-state index < -0.39 is 34.5 Å². The van der Waals surface area contributed by atoms with Crippen molar-refractivity contribution in [1.82, 2.24) is 4.31 Å². The summed E-state index contributed by atoms with van der Waals surface area (Å²) in [5.74, 6) is -2.07. The second-order valence-electron chi connectivity index (χ2n) is 7.74. The molecule has 2 aromatic carbocycles. The maximum absolute atomic E-state index is 13.0. The first-order valence-corrected chi connectivity index (χ1v) is 12.6. The van der Waals surface area contributed by atoms with Crippen molar-refractivity contribution >= 4 is 33.6 Å². The number of hydrogen-bond donors (Lipinski definition) is 1. The zero-order valence-electron chi connectivity index (χ0n) is 19.0. The summed E-state index contributed by atoms with van der Waals surface area (Å²) in [5, 5.41) is 2.52. The van der Waals surface area contributed by atoms with E-state index in [1.807, 2.05) is 0 Å². The number of benzene rings is 2. The van der Waals surface area contributed by atoms with Crippen molar-refractivity contribution in [2.75, 3.05) is 31.6 Å². The Kier molecular flexibility index (Phi) is 8.78. The molecule has 1 aliphatic heterocycles. The van der Waals surface area contributed by atoms with Gasteiger partial charge in [-0.25, -0.2) is 18.0 Å². The van der Waals surface area contributed by atoms with E-state index in [4.69, 9.17) is 9.47 Å². The Morgan fingerprint density at radius 1 is 0.912 bits per heavy atom. The van der Waals surface area contributed by atoms with Crippen LogP contribution in [0.1, 0.15) is 53.3 Å². The topological polar surface area (TPSA) is 119 Å². The first-order chi connectivity index (χ1) is 16.3. The predicted octanol–water partition coefficient (Wildman–Crippen LogP) is 3.22. The molecule has 1 saturated heterocycles. The van der Waals surface area contributed by atoms with Crippen molar-refractivity contribution in [3.63, 3.8) is 0 Å². The molecule has 1 fully saturated rings. The number of carbonyl (C=O) groups is 3. The quantitative estimate of drug-likeness (QED) is 0.567. The van der Waals surface area contributed by atoms with Gasteiger partial charge in [0.2, 0.25) is 10.0 Å². The van der Waals surface area contributed by atoms with Gasteiger partial charge >= 0.3 is 11.9 Å². The molecule has 0 spiro atoms. The average molecular weight is 489 g/mol. The van der Waals surface area contributed by atoms with Gasteiger partial charge in [-0.1, -0.05) is 31.0 Å². The summed E-state index contributed by atoms with van der Waals surface area (Å²) in [6, 6.07) is 11.9. The Bertz CT molecular complexity index is 1140. The van der Waals surface area contributed by atoms with Crippen molar-refractivity contribution in [2.24, 2.45) is 0 Å². The van der Waals surface area contributed by atoms with E-state index in [1.54, 1.807) is 19.1 Å². The molecule has 0 aliphatic carbocycles. The molecule has 10 heteroatoms. The molecule has 2 aromatic rings. The summed E-state index contributed by atoms with van der Waals surface area (Å²) in [6.07, 6.45) is 3.58. The lowest BCUT2D eigenvalue weighted by molar-refractivity contribution is -0.119. The normalized spacial score (nSPS) is 14.6. The Morgan fingerprint density at radius 3 is 2.32 bits per heavy atom. The van der Waals surface area contributed by atoms with E-state index in [1.165, 1.54) is 40.7 Å². The zero-order chi connectivity index (χ0) is 24.6. The Balaban J connectivity index is 1.64. The Morgan fingerprint density at radius 2 is 1.62 bits per heavy atom. The highest BCUT2D eigenvalue weighted by Gasteiger charge is 2.26. The number of ether oxygens (including phenoxy) is 2. The summed E-state index contributed by atoms with van der Waals surface area (Å²) in [5.41, 5.74) is 0.429. The van der Waals surface area contributed by atoms with Crippen molar-refractivity contribution in [3.8, 4) is 0 Å². The van der Waals surface area contributed by atoms with Gasteiger partial charge in [0.25, 0.3) is 5.91 Å². The number of nitrogens with one attached hydrogen (secondary N) is 1. The number of para-hydroxylation sites is 1. The van der Waals surface area contributed by atoms with Crippen LogP contribution < -0.4 is 5.32 Å². The Hall–Kier alpha value is -3.24. The first kappa shape index (κ1) is 25.4. The Labute approximate surface area is 199 Å². The third-order valence-electron chi connectivity index (χ3n) is 5.30. The summed E-state index contributed by atoms with van der Waals surface area (Å²) in [4.78, 5) is 36.8. The fourth-order valence-electron chi connectivity index (χ4n) is 3.59. The average Bonchev–Trinajstić information content (AvgIpc) is 3.13. The molecule has 1 aliphatic rings. The monoisotopic (exact) mass is 488 g/mol. The van der Waals surface area contributed by atoms with Crippen LogP contribution >= 0.6 is 0 Å². The molecule has 182 valence electrons. The molecule has 34 heavy (non-hydrogen) atoms. The summed E-state index contributed by atoms with van der Waals surface area (Å²) in [7, 11) is -3.73. The lowest BCUT2D eigenvalue weighted by Crippen LogP contribution is -2.32. The minimum atomic E-state index is -3.73. The predicted molar refractivity (Wildman–Crippen MR) is 125 cm³/mol. The van der Waals surface area contributed by atoms with Gasteiger partial charge in [0.15, 0.2) is 6.61 Å². The van der Waals surface area contributed by atoms with Gasteiger partial charge in [0.05, 0.1) is 28.3 Å². The molecule has 0 radical (unpaired) electrons. The molecule has 1 amide bonds. The molecular weight excluding hydrogens is 460 g/mol. The smallest absolute Gasteiger partial charge is 0.340 e.